The Hall–Kier alpha value is -0.900. The van der Waals surface area contributed by atoms with E-state index in [1.807, 2.05) is 13.8 Å². The van der Waals surface area contributed by atoms with Crippen molar-refractivity contribution in [3.63, 3.8) is 0 Å². The molecule has 0 aliphatic heterocycles. The number of rotatable bonds is 6. The average Bonchev–Trinajstić information content (AvgIpc) is 2.76. The van der Waals surface area contributed by atoms with E-state index in [0.29, 0.717) is 17.6 Å². The Morgan fingerprint density at radius 2 is 1.94 bits per heavy atom. The topological polar surface area (TPSA) is 64.9 Å². The van der Waals surface area contributed by atoms with E-state index in [9.17, 15) is 0 Å². The Kier molecular flexibility index (Phi) is 4.47. The molecule has 0 aliphatic rings. The summed E-state index contributed by atoms with van der Waals surface area (Å²) in [6.07, 6.45) is 3.61. The molecule has 1 aromatic heterocycles. The van der Waals surface area contributed by atoms with Crippen molar-refractivity contribution >= 4 is 0 Å². The van der Waals surface area contributed by atoms with Crippen LogP contribution in [0.1, 0.15) is 58.7 Å². The van der Waals surface area contributed by atoms with Crippen molar-refractivity contribution in [2.24, 2.45) is 11.7 Å². The summed E-state index contributed by atoms with van der Waals surface area (Å²) in [5, 5.41) is 4.01. The highest BCUT2D eigenvalue weighted by Crippen LogP contribution is 2.23. The van der Waals surface area contributed by atoms with Crippen LogP contribution in [0.4, 0.5) is 0 Å². The van der Waals surface area contributed by atoms with E-state index in [1.165, 1.54) is 0 Å². The van der Waals surface area contributed by atoms with Gasteiger partial charge in [-0.15, -0.1) is 0 Å². The van der Waals surface area contributed by atoms with E-state index in [0.717, 1.165) is 25.7 Å². The van der Waals surface area contributed by atoms with Crippen LogP contribution in [0.15, 0.2) is 4.52 Å². The molecule has 0 radical (unpaired) electrons. The SMILES string of the molecule is CCC(C)Cc1nc(C(N)(CC)CC)no1. The zero-order chi connectivity index (χ0) is 12.2. The molecular formula is C12H23N3O. The fourth-order valence-corrected chi connectivity index (χ4v) is 1.55. The number of hydrogen-bond donors (Lipinski definition) is 1. The highest BCUT2D eigenvalue weighted by Gasteiger charge is 2.28. The lowest BCUT2D eigenvalue weighted by atomic mass is 9.93. The van der Waals surface area contributed by atoms with Gasteiger partial charge in [0.2, 0.25) is 5.89 Å². The van der Waals surface area contributed by atoms with E-state index in [-0.39, 0.29) is 0 Å². The smallest absolute Gasteiger partial charge is 0.226 e. The van der Waals surface area contributed by atoms with Crippen molar-refractivity contribution < 1.29 is 4.52 Å². The normalized spacial score (nSPS) is 14.1. The first-order valence-electron chi connectivity index (χ1n) is 6.17. The summed E-state index contributed by atoms with van der Waals surface area (Å²) in [5.41, 5.74) is 5.78. The van der Waals surface area contributed by atoms with Gasteiger partial charge in [-0.1, -0.05) is 39.3 Å². The maximum atomic E-state index is 6.21. The molecule has 1 heterocycles. The van der Waals surface area contributed by atoms with Crippen molar-refractivity contribution in [1.29, 1.82) is 0 Å². The van der Waals surface area contributed by atoms with Crippen LogP contribution in [-0.4, -0.2) is 10.1 Å². The molecule has 1 unspecified atom stereocenters. The summed E-state index contributed by atoms with van der Waals surface area (Å²) in [4.78, 5) is 4.41. The fraction of sp³-hybridized carbons (Fsp3) is 0.833. The van der Waals surface area contributed by atoms with Gasteiger partial charge >= 0.3 is 0 Å². The lowest BCUT2D eigenvalue weighted by Crippen LogP contribution is -2.36. The minimum absolute atomic E-state index is 0.433. The second-order valence-corrected chi connectivity index (χ2v) is 4.59. The first-order chi connectivity index (χ1) is 7.55. The van der Waals surface area contributed by atoms with Crippen LogP contribution >= 0.6 is 0 Å². The van der Waals surface area contributed by atoms with Gasteiger partial charge in [-0.05, 0) is 18.8 Å². The van der Waals surface area contributed by atoms with Crippen molar-refractivity contribution in [3.8, 4) is 0 Å². The van der Waals surface area contributed by atoms with Crippen molar-refractivity contribution in [1.82, 2.24) is 10.1 Å². The summed E-state index contributed by atoms with van der Waals surface area (Å²) >= 11 is 0. The molecule has 0 saturated carbocycles. The van der Waals surface area contributed by atoms with Crippen LogP contribution in [0.3, 0.4) is 0 Å². The molecule has 0 amide bonds. The Labute approximate surface area is 97.6 Å². The highest BCUT2D eigenvalue weighted by atomic mass is 16.5. The number of nitrogens with zero attached hydrogens (tertiary/aromatic N) is 2. The van der Waals surface area contributed by atoms with Gasteiger partial charge < -0.3 is 10.3 Å². The van der Waals surface area contributed by atoms with Gasteiger partial charge in [-0.3, -0.25) is 0 Å². The first kappa shape index (κ1) is 13.2. The highest BCUT2D eigenvalue weighted by molar-refractivity contribution is 5.03. The lowest BCUT2D eigenvalue weighted by molar-refractivity contribution is 0.326. The van der Waals surface area contributed by atoms with E-state index in [4.69, 9.17) is 10.3 Å². The summed E-state index contributed by atoms with van der Waals surface area (Å²) < 4.78 is 5.25. The third-order valence-electron chi connectivity index (χ3n) is 3.40. The summed E-state index contributed by atoms with van der Waals surface area (Å²) in [6, 6.07) is 0. The Balaban J connectivity index is 2.78. The average molecular weight is 225 g/mol. The Bertz CT molecular complexity index is 318. The van der Waals surface area contributed by atoms with Gasteiger partial charge in [-0.25, -0.2) is 0 Å². The summed E-state index contributed by atoms with van der Waals surface area (Å²) in [6.45, 7) is 8.44. The first-order valence-corrected chi connectivity index (χ1v) is 6.17. The van der Waals surface area contributed by atoms with Gasteiger partial charge in [0.1, 0.15) is 0 Å². The quantitative estimate of drug-likeness (QED) is 0.808. The van der Waals surface area contributed by atoms with Crippen LogP contribution in [0.5, 0.6) is 0 Å². The molecule has 2 N–H and O–H groups in total. The van der Waals surface area contributed by atoms with Gasteiger partial charge in [0.25, 0.3) is 0 Å². The van der Waals surface area contributed by atoms with Gasteiger partial charge in [0.15, 0.2) is 5.82 Å². The van der Waals surface area contributed by atoms with Gasteiger partial charge in [0, 0.05) is 6.42 Å². The van der Waals surface area contributed by atoms with Gasteiger partial charge in [-0.2, -0.15) is 4.98 Å². The Morgan fingerprint density at radius 3 is 2.44 bits per heavy atom. The molecule has 92 valence electrons. The van der Waals surface area contributed by atoms with Crippen LogP contribution in [0.25, 0.3) is 0 Å². The predicted octanol–water partition coefficient (Wildman–Crippen LogP) is 2.63. The number of aromatic nitrogens is 2. The van der Waals surface area contributed by atoms with Crippen molar-refractivity contribution in [3.05, 3.63) is 11.7 Å². The maximum absolute atomic E-state index is 6.21. The van der Waals surface area contributed by atoms with E-state index < -0.39 is 5.54 Å². The summed E-state index contributed by atoms with van der Waals surface area (Å²) in [7, 11) is 0. The second-order valence-electron chi connectivity index (χ2n) is 4.59. The van der Waals surface area contributed by atoms with Crippen molar-refractivity contribution in [2.45, 2.75) is 58.9 Å². The van der Waals surface area contributed by atoms with E-state index >= 15 is 0 Å². The molecule has 16 heavy (non-hydrogen) atoms. The number of nitrogens with two attached hydrogens (primary N) is 1. The molecule has 4 heteroatoms. The van der Waals surface area contributed by atoms with Crippen LogP contribution in [-0.2, 0) is 12.0 Å². The summed E-state index contributed by atoms with van der Waals surface area (Å²) in [5.74, 6) is 1.93. The second kappa shape index (κ2) is 5.43. The zero-order valence-electron chi connectivity index (χ0n) is 10.8. The molecule has 0 aliphatic carbocycles. The third-order valence-corrected chi connectivity index (χ3v) is 3.40. The van der Waals surface area contributed by atoms with Crippen molar-refractivity contribution in [2.75, 3.05) is 0 Å². The van der Waals surface area contributed by atoms with Crippen LogP contribution < -0.4 is 5.73 Å². The van der Waals surface area contributed by atoms with Crippen LogP contribution in [0, 0.1) is 5.92 Å². The largest absolute Gasteiger partial charge is 0.339 e. The standard InChI is InChI=1S/C12H23N3O/c1-5-9(4)8-10-14-11(15-16-10)12(13,6-2)7-3/h9H,5-8,13H2,1-4H3. The molecule has 4 nitrogen and oxygen atoms in total. The lowest BCUT2D eigenvalue weighted by Gasteiger charge is -2.21. The predicted molar refractivity (Wildman–Crippen MR) is 63.9 cm³/mol. The molecule has 1 aromatic rings. The van der Waals surface area contributed by atoms with Crippen LogP contribution in [0.2, 0.25) is 0 Å². The monoisotopic (exact) mass is 225 g/mol. The van der Waals surface area contributed by atoms with E-state index in [1.54, 1.807) is 0 Å². The fourth-order valence-electron chi connectivity index (χ4n) is 1.55. The minimum Gasteiger partial charge on any atom is -0.339 e. The molecule has 0 fully saturated rings. The molecular weight excluding hydrogens is 202 g/mol. The van der Waals surface area contributed by atoms with Gasteiger partial charge in [0.05, 0.1) is 5.54 Å². The van der Waals surface area contributed by atoms with E-state index in [2.05, 4.69) is 24.0 Å². The minimum atomic E-state index is -0.433. The molecule has 0 bridgehead atoms. The number of hydrogen-bond acceptors (Lipinski definition) is 4. The molecule has 1 atom stereocenters. The molecule has 0 aromatic carbocycles. The zero-order valence-corrected chi connectivity index (χ0v) is 10.8. The molecule has 1 rings (SSSR count). The Morgan fingerprint density at radius 1 is 1.31 bits per heavy atom. The third kappa shape index (κ3) is 2.82. The maximum Gasteiger partial charge on any atom is 0.226 e. The molecule has 0 saturated heterocycles. The molecule has 0 spiro atoms.